The summed E-state index contributed by atoms with van der Waals surface area (Å²) in [6, 6.07) is -0.641. The number of esters is 1. The summed E-state index contributed by atoms with van der Waals surface area (Å²) < 4.78 is 23.2. The van der Waals surface area contributed by atoms with Crippen LogP contribution in [0.25, 0.3) is 0 Å². The van der Waals surface area contributed by atoms with Crippen LogP contribution in [-0.4, -0.2) is 82.5 Å². The van der Waals surface area contributed by atoms with Crippen molar-refractivity contribution in [2.75, 3.05) is 13.2 Å². The Morgan fingerprint density at radius 1 is 1.31 bits per heavy atom. The van der Waals surface area contributed by atoms with Crippen molar-refractivity contribution in [3.63, 3.8) is 0 Å². The molecule has 0 aromatic carbocycles. The van der Waals surface area contributed by atoms with Gasteiger partial charge in [-0.05, 0) is 34.6 Å². The van der Waals surface area contributed by atoms with Gasteiger partial charge in [-0.25, -0.2) is 0 Å². The number of carbonyl (C=O) groups is 1. The molecule has 0 radical (unpaired) electrons. The summed E-state index contributed by atoms with van der Waals surface area (Å²) in [5.41, 5.74) is -0.616. The lowest BCUT2D eigenvalue weighted by atomic mass is 10.1. The Hall–Kier alpha value is -0.810. The molecule has 6 atom stereocenters. The van der Waals surface area contributed by atoms with Crippen LogP contribution in [0.1, 0.15) is 41.0 Å². The molecule has 3 heterocycles. The molecule has 150 valence electrons. The number of aliphatic hydroxyl groups is 2. The smallest absolute Gasteiger partial charge is 0.326 e. The zero-order valence-electron chi connectivity index (χ0n) is 15.9. The SMILES string of the molecule is CC(C)(C)OC(=O)[C@@H]1CCON1[C@@H]1O[C@H]([C@H](O)CO)[C@@H]2OC(C)(C)O[C@@H]21. The minimum absolute atomic E-state index is 0.346. The maximum atomic E-state index is 12.6. The third kappa shape index (κ3) is 3.89. The molecule has 3 rings (SSSR count). The third-order valence-electron chi connectivity index (χ3n) is 4.50. The predicted octanol–water partition coefficient (Wildman–Crippen LogP) is -0.0678. The maximum Gasteiger partial charge on any atom is 0.326 e. The van der Waals surface area contributed by atoms with E-state index in [0.29, 0.717) is 13.0 Å². The van der Waals surface area contributed by atoms with E-state index in [1.54, 1.807) is 34.6 Å². The first kappa shape index (κ1) is 19.9. The molecule has 0 amide bonds. The van der Waals surface area contributed by atoms with Gasteiger partial charge >= 0.3 is 5.97 Å². The van der Waals surface area contributed by atoms with Crippen LogP contribution in [-0.2, 0) is 28.6 Å². The Morgan fingerprint density at radius 3 is 2.58 bits per heavy atom. The van der Waals surface area contributed by atoms with Gasteiger partial charge in [0.2, 0.25) is 0 Å². The number of hydroxylamine groups is 2. The van der Waals surface area contributed by atoms with Gasteiger partial charge in [0.05, 0.1) is 13.2 Å². The van der Waals surface area contributed by atoms with E-state index in [2.05, 4.69) is 0 Å². The van der Waals surface area contributed by atoms with Crippen LogP contribution in [0.5, 0.6) is 0 Å². The van der Waals surface area contributed by atoms with Gasteiger partial charge in [-0.1, -0.05) is 0 Å². The van der Waals surface area contributed by atoms with Gasteiger partial charge in [-0.2, -0.15) is 0 Å². The summed E-state index contributed by atoms with van der Waals surface area (Å²) in [5, 5.41) is 20.9. The minimum atomic E-state index is -1.13. The monoisotopic (exact) mass is 375 g/mol. The van der Waals surface area contributed by atoms with Crippen molar-refractivity contribution in [3.05, 3.63) is 0 Å². The van der Waals surface area contributed by atoms with Gasteiger partial charge in [0.1, 0.15) is 36.1 Å². The highest BCUT2D eigenvalue weighted by molar-refractivity contribution is 5.76. The first-order valence-electron chi connectivity index (χ1n) is 8.96. The fraction of sp³-hybridized carbons (Fsp3) is 0.941. The number of aliphatic hydroxyl groups excluding tert-OH is 2. The Bertz CT molecular complexity index is 533. The lowest BCUT2D eigenvalue weighted by Crippen LogP contribution is -2.50. The Kier molecular flexibility index (Phi) is 5.35. The summed E-state index contributed by atoms with van der Waals surface area (Å²) in [5.74, 6) is -1.27. The Balaban J connectivity index is 1.79. The minimum Gasteiger partial charge on any atom is -0.459 e. The van der Waals surface area contributed by atoms with E-state index < -0.39 is 60.6 Å². The summed E-state index contributed by atoms with van der Waals surface area (Å²) >= 11 is 0. The van der Waals surface area contributed by atoms with Gasteiger partial charge < -0.3 is 29.2 Å². The normalized spacial score (nSPS) is 38.3. The van der Waals surface area contributed by atoms with Crippen molar-refractivity contribution < 1.29 is 38.8 Å². The molecule has 0 aliphatic carbocycles. The van der Waals surface area contributed by atoms with Gasteiger partial charge in [-0.3, -0.25) is 9.63 Å². The number of hydrogen-bond donors (Lipinski definition) is 2. The molecule has 0 spiro atoms. The second-order valence-corrected chi connectivity index (χ2v) is 8.34. The van der Waals surface area contributed by atoms with Crippen LogP contribution in [0.2, 0.25) is 0 Å². The highest BCUT2D eigenvalue weighted by Gasteiger charge is 2.60. The molecule has 9 heteroatoms. The van der Waals surface area contributed by atoms with Gasteiger partial charge in [0.25, 0.3) is 0 Å². The molecule has 0 aromatic heterocycles. The second kappa shape index (κ2) is 6.97. The Labute approximate surface area is 153 Å². The van der Waals surface area contributed by atoms with Crippen LogP contribution >= 0.6 is 0 Å². The molecular weight excluding hydrogens is 346 g/mol. The molecule has 9 nitrogen and oxygen atoms in total. The van der Waals surface area contributed by atoms with Crippen molar-refractivity contribution in [2.24, 2.45) is 0 Å². The third-order valence-corrected chi connectivity index (χ3v) is 4.50. The highest BCUT2D eigenvalue weighted by atomic mass is 16.8. The first-order chi connectivity index (χ1) is 12.0. The maximum absolute atomic E-state index is 12.6. The molecule has 3 aliphatic heterocycles. The van der Waals surface area contributed by atoms with Crippen molar-refractivity contribution in [2.45, 2.75) is 89.1 Å². The molecule has 0 saturated carbocycles. The topological polar surface area (TPSA) is 107 Å². The Morgan fingerprint density at radius 2 is 1.96 bits per heavy atom. The molecule has 3 aliphatic rings. The number of hydrogen-bond acceptors (Lipinski definition) is 9. The van der Waals surface area contributed by atoms with Crippen LogP contribution in [0, 0.1) is 0 Å². The van der Waals surface area contributed by atoms with Crippen LogP contribution in [0.4, 0.5) is 0 Å². The molecule has 0 bridgehead atoms. The van der Waals surface area contributed by atoms with E-state index in [-0.39, 0.29) is 0 Å². The molecule has 2 N–H and O–H groups in total. The van der Waals surface area contributed by atoms with Crippen LogP contribution in [0.3, 0.4) is 0 Å². The summed E-state index contributed by atoms with van der Waals surface area (Å²) in [7, 11) is 0. The van der Waals surface area contributed by atoms with Gasteiger partial charge in [0.15, 0.2) is 12.0 Å². The summed E-state index contributed by atoms with van der Waals surface area (Å²) in [6.45, 7) is 8.81. The lowest BCUT2D eigenvalue weighted by molar-refractivity contribution is -0.281. The van der Waals surface area contributed by atoms with Crippen molar-refractivity contribution >= 4 is 5.97 Å². The molecule has 0 aromatic rings. The predicted molar refractivity (Wildman–Crippen MR) is 87.6 cm³/mol. The molecule has 3 fully saturated rings. The van der Waals surface area contributed by atoms with E-state index in [0.717, 1.165) is 0 Å². The average Bonchev–Trinajstić information content (AvgIpc) is 3.17. The summed E-state index contributed by atoms with van der Waals surface area (Å²) in [6.07, 6.45) is -3.37. The van der Waals surface area contributed by atoms with E-state index >= 15 is 0 Å². The second-order valence-electron chi connectivity index (χ2n) is 8.34. The molecule has 26 heavy (non-hydrogen) atoms. The van der Waals surface area contributed by atoms with Crippen molar-refractivity contribution in [3.8, 4) is 0 Å². The molecule has 3 saturated heterocycles. The van der Waals surface area contributed by atoms with E-state index in [9.17, 15) is 15.0 Å². The van der Waals surface area contributed by atoms with Crippen LogP contribution < -0.4 is 0 Å². The van der Waals surface area contributed by atoms with E-state index in [4.69, 9.17) is 23.8 Å². The molecular formula is C17H29NO8. The number of ether oxygens (including phenoxy) is 4. The number of nitrogens with zero attached hydrogens (tertiary/aromatic N) is 1. The zero-order valence-corrected chi connectivity index (χ0v) is 15.9. The van der Waals surface area contributed by atoms with Crippen molar-refractivity contribution in [1.29, 1.82) is 0 Å². The standard InChI is InChI=1S/C17H29NO8/c1-16(2,3)26-15(21)9-6-7-22-18(9)14-13-12(24-17(4,5)25-13)11(23-14)10(20)8-19/h9-14,19-20H,6-8H2,1-5H3/t9-,10+,11+,12-,13-,14+/m0/s1. The zero-order chi connectivity index (χ0) is 19.3. The van der Waals surface area contributed by atoms with Gasteiger partial charge in [0, 0.05) is 6.42 Å². The van der Waals surface area contributed by atoms with E-state index in [1.807, 2.05) is 0 Å². The van der Waals surface area contributed by atoms with E-state index in [1.165, 1.54) is 5.06 Å². The highest BCUT2D eigenvalue weighted by Crippen LogP contribution is 2.42. The average molecular weight is 375 g/mol. The molecule has 0 unspecified atom stereocenters. The first-order valence-corrected chi connectivity index (χ1v) is 8.96. The van der Waals surface area contributed by atoms with Gasteiger partial charge in [-0.15, -0.1) is 5.06 Å². The lowest BCUT2D eigenvalue weighted by Gasteiger charge is -2.32. The van der Waals surface area contributed by atoms with Crippen molar-refractivity contribution in [1.82, 2.24) is 5.06 Å². The number of fused-ring (bicyclic) bond motifs is 1. The fourth-order valence-corrected chi connectivity index (χ4v) is 3.56. The van der Waals surface area contributed by atoms with Crippen LogP contribution in [0.15, 0.2) is 0 Å². The fourth-order valence-electron chi connectivity index (χ4n) is 3.56. The quantitative estimate of drug-likeness (QED) is 0.653. The number of carbonyl (C=O) groups excluding carboxylic acids is 1. The largest absolute Gasteiger partial charge is 0.459 e. The summed E-state index contributed by atoms with van der Waals surface area (Å²) in [4.78, 5) is 18.2. The number of rotatable bonds is 4.